The largest absolute Gasteiger partial charge is 0.416 e. The lowest BCUT2D eigenvalue weighted by Crippen LogP contribution is -2.43. The van der Waals surface area contributed by atoms with Gasteiger partial charge in [0, 0.05) is 18.4 Å². The minimum atomic E-state index is -4.94. The predicted octanol–water partition coefficient (Wildman–Crippen LogP) is 5.77. The van der Waals surface area contributed by atoms with E-state index in [0.29, 0.717) is 51.0 Å². The molecule has 14 heteroatoms. The summed E-state index contributed by atoms with van der Waals surface area (Å²) < 4.78 is 124. The molecule has 1 saturated heterocycles. The maximum atomic E-state index is 13.7. The molecule has 2 aromatic rings. The van der Waals surface area contributed by atoms with E-state index >= 15 is 0 Å². The summed E-state index contributed by atoms with van der Waals surface area (Å²) in [6, 6.07) is 7.46. The van der Waals surface area contributed by atoms with Gasteiger partial charge in [0.25, 0.3) is 0 Å². The van der Waals surface area contributed by atoms with Crippen LogP contribution in [0.15, 0.2) is 42.5 Å². The van der Waals surface area contributed by atoms with E-state index in [0.717, 1.165) is 18.2 Å². The van der Waals surface area contributed by atoms with Gasteiger partial charge < -0.3 is 9.64 Å². The molecule has 2 fully saturated rings. The van der Waals surface area contributed by atoms with Crippen molar-refractivity contribution in [2.75, 3.05) is 32.5 Å². The first-order valence-corrected chi connectivity index (χ1v) is 15.8. The van der Waals surface area contributed by atoms with Crippen LogP contribution in [-0.2, 0) is 38.3 Å². The van der Waals surface area contributed by atoms with Crippen LogP contribution in [0.1, 0.15) is 53.9 Å². The van der Waals surface area contributed by atoms with E-state index in [9.17, 15) is 43.9 Å². The van der Waals surface area contributed by atoms with Crippen LogP contribution >= 0.6 is 0 Å². The quantitative estimate of drug-likeness (QED) is 0.353. The fourth-order valence-electron chi connectivity index (χ4n) is 6.07. The van der Waals surface area contributed by atoms with E-state index in [2.05, 4.69) is 4.90 Å². The van der Waals surface area contributed by atoms with Crippen LogP contribution in [-0.4, -0.2) is 57.8 Å². The first kappa shape index (κ1) is 33.2. The van der Waals surface area contributed by atoms with Gasteiger partial charge in [-0.3, -0.25) is 9.52 Å². The summed E-state index contributed by atoms with van der Waals surface area (Å²) in [5, 5.41) is 0. The maximum absolute atomic E-state index is 13.7. The lowest BCUT2D eigenvalue weighted by atomic mass is 9.86. The zero-order chi connectivity index (χ0) is 31.6. The van der Waals surface area contributed by atoms with E-state index < -0.39 is 51.1 Å². The Morgan fingerprint density at radius 2 is 1.51 bits per heavy atom. The number of hydrogen-bond acceptors (Lipinski definition) is 5. The van der Waals surface area contributed by atoms with E-state index in [4.69, 9.17) is 4.74 Å². The molecule has 0 aromatic heterocycles. The van der Waals surface area contributed by atoms with Gasteiger partial charge in [-0.05, 0) is 92.6 Å². The molecule has 1 heterocycles. The number of amides is 1. The highest BCUT2D eigenvalue weighted by Gasteiger charge is 2.40. The Balaban J connectivity index is 1.42. The molecule has 1 saturated carbocycles. The molecule has 43 heavy (non-hydrogen) atoms. The summed E-state index contributed by atoms with van der Waals surface area (Å²) in [4.78, 5) is 14.4. The van der Waals surface area contributed by atoms with Crippen LogP contribution in [0.3, 0.4) is 0 Å². The molecule has 3 atom stereocenters. The van der Waals surface area contributed by atoms with Crippen LogP contribution in [0.2, 0.25) is 0 Å². The monoisotopic (exact) mass is 638 g/mol. The third-order valence-electron chi connectivity index (χ3n) is 8.09. The Bertz CT molecular complexity index is 1340. The highest BCUT2D eigenvalue weighted by atomic mass is 32.2. The van der Waals surface area contributed by atoms with Crippen molar-refractivity contribution in [1.82, 2.24) is 9.62 Å². The minimum Gasteiger partial charge on any atom is -0.377 e. The van der Waals surface area contributed by atoms with Crippen molar-refractivity contribution in [1.29, 1.82) is 0 Å². The molecule has 0 bridgehead atoms. The van der Waals surface area contributed by atoms with Gasteiger partial charge in [0.1, 0.15) is 5.82 Å². The highest BCUT2D eigenvalue weighted by molar-refractivity contribution is 7.89. The average molecular weight is 639 g/mol. The van der Waals surface area contributed by atoms with Crippen LogP contribution < -0.4 is 4.72 Å². The smallest absolute Gasteiger partial charge is 0.377 e. The van der Waals surface area contributed by atoms with Crippen molar-refractivity contribution < 1.29 is 48.7 Å². The number of likely N-dealkylation sites (tertiary alicyclic amines) is 1. The average Bonchev–Trinajstić information content (AvgIpc) is 3.29. The van der Waals surface area contributed by atoms with Crippen LogP contribution in [0.5, 0.6) is 0 Å². The van der Waals surface area contributed by atoms with Crippen molar-refractivity contribution in [2.45, 2.75) is 56.5 Å². The summed E-state index contributed by atoms with van der Waals surface area (Å²) >= 11 is 0. The Kier molecular flexibility index (Phi) is 10.1. The van der Waals surface area contributed by atoms with Gasteiger partial charge in [-0.25, -0.2) is 12.8 Å². The van der Waals surface area contributed by atoms with Crippen molar-refractivity contribution in [3.8, 4) is 0 Å². The molecule has 4 rings (SSSR count). The maximum Gasteiger partial charge on any atom is 0.416 e. The van der Waals surface area contributed by atoms with Gasteiger partial charge in [0.15, 0.2) is 0 Å². The van der Waals surface area contributed by atoms with E-state index in [1.54, 1.807) is 12.1 Å². The predicted molar refractivity (Wildman–Crippen MR) is 144 cm³/mol. The molecular weight excluding hydrogens is 605 g/mol. The Morgan fingerprint density at radius 3 is 2.05 bits per heavy atom. The second-order valence-corrected chi connectivity index (χ2v) is 13.0. The zero-order valence-electron chi connectivity index (χ0n) is 23.3. The zero-order valence-corrected chi connectivity index (χ0v) is 24.2. The van der Waals surface area contributed by atoms with Gasteiger partial charge in [-0.2, -0.15) is 26.3 Å². The second-order valence-electron chi connectivity index (χ2n) is 11.3. The van der Waals surface area contributed by atoms with Gasteiger partial charge in [0.2, 0.25) is 15.9 Å². The van der Waals surface area contributed by atoms with Gasteiger partial charge in [-0.15, -0.1) is 0 Å². The van der Waals surface area contributed by atoms with Crippen molar-refractivity contribution in [2.24, 2.45) is 11.8 Å². The van der Waals surface area contributed by atoms with E-state index in [1.165, 1.54) is 12.1 Å². The second kappa shape index (κ2) is 13.1. The molecule has 2 aromatic carbocycles. The number of sulfonamides is 1. The van der Waals surface area contributed by atoms with E-state index in [1.807, 2.05) is 4.72 Å². The van der Waals surface area contributed by atoms with Crippen LogP contribution in [0, 0.1) is 17.7 Å². The normalized spacial score (nSPS) is 22.6. The molecule has 2 aliphatic rings. The molecule has 3 unspecified atom stereocenters. The number of carbonyl (C=O) groups excluding carboxylic acids is 1. The lowest BCUT2D eigenvalue weighted by molar-refractivity contribution is -0.143. The summed E-state index contributed by atoms with van der Waals surface area (Å²) in [7, 11) is -3.65. The highest BCUT2D eigenvalue weighted by Crippen LogP contribution is 2.43. The first-order chi connectivity index (χ1) is 20.0. The third-order valence-corrected chi connectivity index (χ3v) is 8.66. The summed E-state index contributed by atoms with van der Waals surface area (Å²) in [5.41, 5.74) is -2.08. The van der Waals surface area contributed by atoms with Gasteiger partial charge in [0.05, 0.1) is 30.1 Å². The van der Waals surface area contributed by atoms with Crippen LogP contribution in [0.4, 0.5) is 30.7 Å². The molecule has 1 aliphatic heterocycles. The van der Waals surface area contributed by atoms with Crippen molar-refractivity contribution in [3.05, 3.63) is 70.5 Å². The summed E-state index contributed by atoms with van der Waals surface area (Å²) in [5.74, 6) is -1.51. The number of hydrogen-bond donors (Lipinski definition) is 1. The number of nitrogens with zero attached hydrogens (tertiary/aromatic N) is 1. The number of carbonyl (C=O) groups is 1. The number of piperidine rings is 1. The molecular formula is C29H33F7N2O4S. The molecule has 1 amide bonds. The minimum absolute atomic E-state index is 0.0576. The number of halogens is 7. The topological polar surface area (TPSA) is 75.7 Å². The molecule has 1 N–H and O–H groups in total. The third kappa shape index (κ3) is 9.15. The fraction of sp³-hybridized carbons (Fsp3) is 0.552. The Hall–Kier alpha value is -2.71. The number of ether oxygens (including phenoxy) is 1. The number of rotatable bonds is 9. The SMILES string of the molecule is CS(=O)(=O)NC(=O)C1CCN(CC2CCC(OCCc3cc(C(F)(F)F)cc(C(F)(F)F)c3)C2c2ccc(F)cc2)CC1. The molecule has 238 valence electrons. The van der Waals surface area contributed by atoms with Crippen molar-refractivity contribution >= 4 is 15.9 Å². The fourth-order valence-corrected chi connectivity index (χ4v) is 6.60. The van der Waals surface area contributed by atoms with Gasteiger partial charge >= 0.3 is 12.4 Å². The lowest BCUT2D eigenvalue weighted by Gasteiger charge is -2.35. The number of alkyl halides is 6. The summed E-state index contributed by atoms with van der Waals surface area (Å²) in [6.07, 6.45) is -7.22. The Labute approximate surface area is 245 Å². The molecule has 6 nitrogen and oxygen atoms in total. The number of benzene rings is 2. The van der Waals surface area contributed by atoms with Crippen molar-refractivity contribution in [3.63, 3.8) is 0 Å². The molecule has 0 radical (unpaired) electrons. The first-order valence-electron chi connectivity index (χ1n) is 13.9. The summed E-state index contributed by atoms with van der Waals surface area (Å²) in [6.45, 7) is 1.66. The standard InChI is InChI=1S/C29H33F7N2O4S/c1-43(40,41)37-27(39)20-8-11-38(12-9-20)17-21-4-7-25(26(21)19-2-5-24(30)6-3-19)42-13-10-18-14-22(28(31,32)33)16-23(15-18)29(34,35)36/h2-3,5-6,14-16,20-21,25-26H,4,7-13,17H2,1H3,(H,37,39). The Morgan fingerprint density at radius 1 is 0.930 bits per heavy atom. The number of nitrogens with one attached hydrogen (secondary N) is 1. The van der Waals surface area contributed by atoms with E-state index in [-0.39, 0.29) is 42.6 Å². The van der Waals surface area contributed by atoms with Crippen LogP contribution in [0.25, 0.3) is 0 Å². The molecule has 1 aliphatic carbocycles. The van der Waals surface area contributed by atoms with Gasteiger partial charge in [-0.1, -0.05) is 12.1 Å². The molecule has 0 spiro atoms.